The monoisotopic (exact) mass is 218 g/mol. The minimum atomic E-state index is -1.03. The standard InChI is InChI=1S/C11H22O4/c1-8(9(12)13)14-15-11(5,6)7-10(2,3)4/h8H,7H2,1-6H3,(H,12,13). The molecule has 90 valence electrons. The van der Waals surface area contributed by atoms with Crippen LogP contribution < -0.4 is 0 Å². The zero-order valence-corrected chi connectivity index (χ0v) is 10.5. The zero-order chi connectivity index (χ0) is 12.3. The number of carboxylic acid groups (broad SMARTS) is 1. The number of aliphatic carboxylic acids is 1. The van der Waals surface area contributed by atoms with E-state index in [-0.39, 0.29) is 5.41 Å². The fraction of sp³-hybridized carbons (Fsp3) is 0.909. The van der Waals surface area contributed by atoms with Crippen molar-refractivity contribution in [1.82, 2.24) is 0 Å². The molecule has 0 bridgehead atoms. The van der Waals surface area contributed by atoms with E-state index in [1.165, 1.54) is 6.92 Å². The van der Waals surface area contributed by atoms with Crippen molar-refractivity contribution >= 4 is 5.97 Å². The molecule has 0 aromatic carbocycles. The van der Waals surface area contributed by atoms with E-state index >= 15 is 0 Å². The Labute approximate surface area is 91.5 Å². The van der Waals surface area contributed by atoms with Crippen LogP contribution in [-0.4, -0.2) is 22.8 Å². The molecule has 15 heavy (non-hydrogen) atoms. The predicted molar refractivity (Wildman–Crippen MR) is 57.4 cm³/mol. The lowest BCUT2D eigenvalue weighted by Gasteiger charge is -2.31. The second-order valence-corrected chi connectivity index (χ2v) is 5.66. The summed E-state index contributed by atoms with van der Waals surface area (Å²) in [5.41, 5.74) is -0.374. The van der Waals surface area contributed by atoms with Crippen molar-refractivity contribution in [2.24, 2.45) is 5.41 Å². The Hall–Kier alpha value is -0.610. The van der Waals surface area contributed by atoms with Crippen molar-refractivity contribution in [2.45, 2.75) is 59.7 Å². The molecule has 0 aliphatic heterocycles. The quantitative estimate of drug-likeness (QED) is 0.569. The highest BCUT2D eigenvalue weighted by Crippen LogP contribution is 2.29. The summed E-state index contributed by atoms with van der Waals surface area (Å²) in [7, 11) is 0. The Bertz CT molecular complexity index is 215. The number of carbonyl (C=O) groups is 1. The van der Waals surface area contributed by atoms with E-state index in [0.29, 0.717) is 0 Å². The first-order chi connectivity index (χ1) is 6.53. The second kappa shape index (κ2) is 4.94. The molecule has 0 aliphatic rings. The van der Waals surface area contributed by atoms with Crippen molar-refractivity contribution in [2.75, 3.05) is 0 Å². The van der Waals surface area contributed by atoms with Gasteiger partial charge >= 0.3 is 5.97 Å². The maximum atomic E-state index is 10.5. The summed E-state index contributed by atoms with van der Waals surface area (Å²) in [5, 5.41) is 8.61. The predicted octanol–water partition coefficient (Wildman–Crippen LogP) is 2.62. The maximum Gasteiger partial charge on any atom is 0.335 e. The van der Waals surface area contributed by atoms with E-state index in [4.69, 9.17) is 14.9 Å². The van der Waals surface area contributed by atoms with Gasteiger partial charge in [-0.3, -0.25) is 0 Å². The van der Waals surface area contributed by atoms with E-state index in [1.807, 2.05) is 13.8 Å². The molecule has 0 fully saturated rings. The molecule has 4 nitrogen and oxygen atoms in total. The minimum absolute atomic E-state index is 0.110. The molecule has 0 aliphatic carbocycles. The smallest absolute Gasteiger partial charge is 0.335 e. The van der Waals surface area contributed by atoms with Gasteiger partial charge in [-0.2, -0.15) is 0 Å². The molecule has 0 heterocycles. The summed E-state index contributed by atoms with van der Waals surface area (Å²) in [6.45, 7) is 11.5. The van der Waals surface area contributed by atoms with Crippen LogP contribution in [0.2, 0.25) is 0 Å². The van der Waals surface area contributed by atoms with Gasteiger partial charge in [0.15, 0.2) is 6.10 Å². The van der Waals surface area contributed by atoms with Gasteiger partial charge in [-0.1, -0.05) is 20.8 Å². The molecule has 0 aromatic rings. The first-order valence-electron chi connectivity index (χ1n) is 5.11. The molecule has 0 saturated heterocycles. The Morgan fingerprint density at radius 1 is 1.27 bits per heavy atom. The van der Waals surface area contributed by atoms with Gasteiger partial charge in [0.05, 0.1) is 5.60 Å². The first kappa shape index (κ1) is 14.4. The van der Waals surface area contributed by atoms with Crippen LogP contribution in [0.3, 0.4) is 0 Å². The molecular weight excluding hydrogens is 196 g/mol. The fourth-order valence-corrected chi connectivity index (χ4v) is 1.55. The van der Waals surface area contributed by atoms with Crippen LogP contribution >= 0.6 is 0 Å². The Morgan fingerprint density at radius 3 is 2.07 bits per heavy atom. The molecule has 0 radical (unpaired) electrons. The highest BCUT2D eigenvalue weighted by atomic mass is 17.2. The summed E-state index contributed by atoms with van der Waals surface area (Å²) < 4.78 is 0. The molecule has 0 aromatic heterocycles. The van der Waals surface area contributed by atoms with Crippen LogP contribution in [0.5, 0.6) is 0 Å². The van der Waals surface area contributed by atoms with E-state index in [2.05, 4.69) is 20.8 Å². The van der Waals surface area contributed by atoms with Crippen molar-refractivity contribution in [3.63, 3.8) is 0 Å². The first-order valence-corrected chi connectivity index (χ1v) is 5.11. The Morgan fingerprint density at radius 2 is 1.73 bits per heavy atom. The average molecular weight is 218 g/mol. The lowest BCUT2D eigenvalue weighted by atomic mass is 9.84. The van der Waals surface area contributed by atoms with Gasteiger partial charge in [-0.25, -0.2) is 14.6 Å². The van der Waals surface area contributed by atoms with Gasteiger partial charge < -0.3 is 5.11 Å². The molecule has 0 saturated carbocycles. The minimum Gasteiger partial charge on any atom is -0.479 e. The van der Waals surface area contributed by atoms with Gasteiger partial charge in [-0.05, 0) is 32.6 Å². The van der Waals surface area contributed by atoms with Crippen LogP contribution in [0.4, 0.5) is 0 Å². The van der Waals surface area contributed by atoms with Crippen molar-refractivity contribution in [3.05, 3.63) is 0 Å². The summed E-state index contributed by atoms with van der Waals surface area (Å²) in [5.74, 6) is -1.03. The zero-order valence-electron chi connectivity index (χ0n) is 10.5. The van der Waals surface area contributed by atoms with Gasteiger partial charge in [-0.15, -0.1) is 0 Å². The third-order valence-electron chi connectivity index (χ3n) is 1.72. The fourth-order valence-electron chi connectivity index (χ4n) is 1.55. The van der Waals surface area contributed by atoms with Crippen LogP contribution in [0.15, 0.2) is 0 Å². The van der Waals surface area contributed by atoms with Gasteiger partial charge in [0, 0.05) is 0 Å². The van der Waals surface area contributed by atoms with Crippen molar-refractivity contribution in [1.29, 1.82) is 0 Å². The van der Waals surface area contributed by atoms with Crippen molar-refractivity contribution in [3.8, 4) is 0 Å². The van der Waals surface area contributed by atoms with Gasteiger partial charge in [0.2, 0.25) is 0 Å². The molecule has 0 amide bonds. The van der Waals surface area contributed by atoms with Crippen molar-refractivity contribution < 1.29 is 19.7 Å². The lowest BCUT2D eigenvalue weighted by Crippen LogP contribution is -2.33. The average Bonchev–Trinajstić information content (AvgIpc) is 1.95. The number of hydrogen-bond donors (Lipinski definition) is 1. The third kappa shape index (κ3) is 7.33. The van der Waals surface area contributed by atoms with E-state index in [1.54, 1.807) is 0 Å². The second-order valence-electron chi connectivity index (χ2n) is 5.66. The molecule has 1 unspecified atom stereocenters. The summed E-state index contributed by atoms with van der Waals surface area (Å²) in [6.07, 6.45) is -0.156. The largest absolute Gasteiger partial charge is 0.479 e. The lowest BCUT2D eigenvalue weighted by molar-refractivity contribution is -0.373. The number of carboxylic acids is 1. The van der Waals surface area contributed by atoms with E-state index in [9.17, 15) is 4.79 Å². The highest BCUT2D eigenvalue weighted by Gasteiger charge is 2.28. The van der Waals surface area contributed by atoms with Gasteiger partial charge in [0.25, 0.3) is 0 Å². The molecule has 1 atom stereocenters. The molecular formula is C11H22O4. The summed E-state index contributed by atoms with van der Waals surface area (Å²) in [4.78, 5) is 20.5. The van der Waals surface area contributed by atoms with Crippen LogP contribution in [0, 0.1) is 5.41 Å². The Balaban J connectivity index is 4.10. The molecule has 1 N–H and O–H groups in total. The summed E-state index contributed by atoms with van der Waals surface area (Å²) >= 11 is 0. The van der Waals surface area contributed by atoms with E-state index in [0.717, 1.165) is 6.42 Å². The topological polar surface area (TPSA) is 55.8 Å². The van der Waals surface area contributed by atoms with Crippen LogP contribution in [0.1, 0.15) is 48.0 Å². The van der Waals surface area contributed by atoms with E-state index < -0.39 is 17.7 Å². The SMILES string of the molecule is CC(OOC(C)(C)CC(C)(C)C)C(=O)O. The number of hydrogen-bond acceptors (Lipinski definition) is 3. The van der Waals surface area contributed by atoms with Crippen LogP contribution in [-0.2, 0) is 14.6 Å². The molecule has 0 rings (SSSR count). The molecule has 4 heteroatoms. The number of rotatable bonds is 5. The third-order valence-corrected chi connectivity index (χ3v) is 1.72. The molecule has 0 spiro atoms. The van der Waals surface area contributed by atoms with Crippen LogP contribution in [0.25, 0.3) is 0 Å². The maximum absolute atomic E-state index is 10.5. The summed E-state index contributed by atoms with van der Waals surface area (Å²) in [6, 6.07) is 0. The Kier molecular flexibility index (Phi) is 4.74. The highest BCUT2D eigenvalue weighted by molar-refractivity contribution is 5.71. The normalized spacial score (nSPS) is 15.1. The van der Waals surface area contributed by atoms with Gasteiger partial charge in [0.1, 0.15) is 0 Å².